The summed E-state index contributed by atoms with van der Waals surface area (Å²) in [6.45, 7) is 2.01. The van der Waals surface area contributed by atoms with Gasteiger partial charge in [-0.15, -0.1) is 0 Å². The Bertz CT molecular complexity index is 589. The summed E-state index contributed by atoms with van der Waals surface area (Å²) in [6.07, 6.45) is 7.21. The van der Waals surface area contributed by atoms with E-state index in [1.807, 2.05) is 73.7 Å². The van der Waals surface area contributed by atoms with Crippen molar-refractivity contribution in [1.82, 2.24) is 0 Å². The molecule has 0 spiro atoms. The van der Waals surface area contributed by atoms with Crippen molar-refractivity contribution in [3.8, 4) is 0 Å². The minimum absolute atomic E-state index is 0.0257. The number of allylic oxidation sites excluding steroid dienone is 3. The zero-order valence-electron chi connectivity index (χ0n) is 10.9. The molecule has 0 aliphatic heterocycles. The average Bonchev–Trinajstić information content (AvgIpc) is 2.45. The van der Waals surface area contributed by atoms with Crippen molar-refractivity contribution in [2.75, 3.05) is 0 Å². The summed E-state index contributed by atoms with van der Waals surface area (Å²) in [6, 6.07) is 17.6. The van der Waals surface area contributed by atoms with Crippen LogP contribution in [0, 0.1) is 6.92 Å². The SMILES string of the molecule is Cc1ccc(C(=O)/C=C/C=C/c2ccccc2)cc1. The lowest BCUT2D eigenvalue weighted by molar-refractivity contribution is 0.104. The molecule has 0 N–H and O–H groups in total. The van der Waals surface area contributed by atoms with E-state index in [2.05, 4.69) is 0 Å². The molecule has 0 fully saturated rings. The van der Waals surface area contributed by atoms with Gasteiger partial charge in [-0.25, -0.2) is 0 Å². The molecule has 0 aromatic heterocycles. The lowest BCUT2D eigenvalue weighted by Crippen LogP contribution is -1.93. The van der Waals surface area contributed by atoms with Crippen molar-refractivity contribution in [3.05, 3.63) is 89.5 Å². The molecule has 1 nitrogen and oxygen atoms in total. The van der Waals surface area contributed by atoms with Gasteiger partial charge in [-0.05, 0) is 18.6 Å². The number of hydrogen-bond donors (Lipinski definition) is 0. The Morgan fingerprint density at radius 3 is 2.26 bits per heavy atom. The second-order valence-corrected chi connectivity index (χ2v) is 4.36. The maximum Gasteiger partial charge on any atom is 0.185 e. The summed E-state index contributed by atoms with van der Waals surface area (Å²) < 4.78 is 0. The standard InChI is InChI=1S/C18H16O/c1-15-11-13-17(14-12-15)18(19)10-6-5-9-16-7-3-2-4-8-16/h2-14H,1H3/b9-5+,10-6+. The highest BCUT2D eigenvalue weighted by molar-refractivity contribution is 6.04. The molecule has 0 saturated carbocycles. The van der Waals surface area contributed by atoms with Crippen LogP contribution < -0.4 is 0 Å². The summed E-state index contributed by atoms with van der Waals surface area (Å²) in [5.41, 5.74) is 2.99. The van der Waals surface area contributed by atoms with Gasteiger partial charge in [-0.1, -0.05) is 78.4 Å². The summed E-state index contributed by atoms with van der Waals surface area (Å²) in [4.78, 5) is 11.8. The first kappa shape index (κ1) is 13.0. The van der Waals surface area contributed by atoms with Gasteiger partial charge in [0.2, 0.25) is 0 Å². The van der Waals surface area contributed by atoms with E-state index in [-0.39, 0.29) is 5.78 Å². The molecule has 0 amide bonds. The Kier molecular flexibility index (Phi) is 4.46. The van der Waals surface area contributed by atoms with Crippen molar-refractivity contribution in [1.29, 1.82) is 0 Å². The molecule has 2 aromatic carbocycles. The van der Waals surface area contributed by atoms with Crippen LogP contribution in [0.2, 0.25) is 0 Å². The third kappa shape index (κ3) is 4.07. The monoisotopic (exact) mass is 248 g/mol. The highest BCUT2D eigenvalue weighted by Crippen LogP contribution is 2.05. The van der Waals surface area contributed by atoms with Gasteiger partial charge >= 0.3 is 0 Å². The van der Waals surface area contributed by atoms with E-state index < -0.39 is 0 Å². The third-order valence-corrected chi connectivity index (χ3v) is 2.78. The molecule has 0 saturated heterocycles. The summed E-state index contributed by atoms with van der Waals surface area (Å²) in [5, 5.41) is 0. The first-order valence-corrected chi connectivity index (χ1v) is 6.26. The number of carbonyl (C=O) groups excluding carboxylic acids is 1. The fraction of sp³-hybridized carbons (Fsp3) is 0.0556. The maximum absolute atomic E-state index is 11.8. The lowest BCUT2D eigenvalue weighted by Gasteiger charge is -1.95. The fourth-order valence-electron chi connectivity index (χ4n) is 1.69. The van der Waals surface area contributed by atoms with E-state index in [4.69, 9.17) is 0 Å². The van der Waals surface area contributed by atoms with Gasteiger partial charge in [0, 0.05) is 5.56 Å². The molecule has 0 unspecified atom stereocenters. The summed E-state index contributed by atoms with van der Waals surface area (Å²) in [7, 11) is 0. The molecular formula is C18H16O. The Hall–Kier alpha value is -2.41. The first-order valence-electron chi connectivity index (χ1n) is 6.26. The Morgan fingerprint density at radius 1 is 0.895 bits per heavy atom. The van der Waals surface area contributed by atoms with Crippen molar-refractivity contribution in [3.63, 3.8) is 0 Å². The number of hydrogen-bond acceptors (Lipinski definition) is 1. The molecule has 0 heterocycles. The van der Waals surface area contributed by atoms with Crippen LogP contribution in [-0.2, 0) is 0 Å². The van der Waals surface area contributed by atoms with Crippen molar-refractivity contribution >= 4 is 11.9 Å². The van der Waals surface area contributed by atoms with E-state index in [1.54, 1.807) is 12.2 Å². The van der Waals surface area contributed by atoms with Gasteiger partial charge in [0.05, 0.1) is 0 Å². The zero-order valence-corrected chi connectivity index (χ0v) is 10.9. The Labute approximate surface area is 113 Å². The minimum atomic E-state index is 0.0257. The van der Waals surface area contributed by atoms with Crippen LogP contribution in [0.3, 0.4) is 0 Å². The molecule has 0 aliphatic carbocycles. The second-order valence-electron chi connectivity index (χ2n) is 4.36. The molecular weight excluding hydrogens is 232 g/mol. The van der Waals surface area contributed by atoms with E-state index >= 15 is 0 Å². The average molecular weight is 248 g/mol. The molecule has 2 aromatic rings. The predicted molar refractivity (Wildman–Crippen MR) is 80.1 cm³/mol. The summed E-state index contributed by atoms with van der Waals surface area (Å²) >= 11 is 0. The largest absolute Gasteiger partial charge is 0.289 e. The Morgan fingerprint density at radius 2 is 1.58 bits per heavy atom. The topological polar surface area (TPSA) is 17.1 Å². The second kappa shape index (κ2) is 6.50. The van der Waals surface area contributed by atoms with Crippen molar-refractivity contribution in [2.45, 2.75) is 6.92 Å². The molecule has 0 atom stereocenters. The molecule has 0 aliphatic rings. The lowest BCUT2D eigenvalue weighted by atomic mass is 10.1. The van der Waals surface area contributed by atoms with Crippen LogP contribution in [0.5, 0.6) is 0 Å². The molecule has 2 rings (SSSR count). The number of ketones is 1. The number of rotatable bonds is 4. The Balaban J connectivity index is 1.97. The number of benzene rings is 2. The summed E-state index contributed by atoms with van der Waals surface area (Å²) in [5.74, 6) is 0.0257. The normalized spacial score (nSPS) is 11.2. The van der Waals surface area contributed by atoms with E-state index in [1.165, 1.54) is 0 Å². The molecule has 0 radical (unpaired) electrons. The van der Waals surface area contributed by atoms with Crippen molar-refractivity contribution < 1.29 is 4.79 Å². The number of aryl methyl sites for hydroxylation is 1. The van der Waals surface area contributed by atoms with Crippen LogP contribution in [0.4, 0.5) is 0 Å². The van der Waals surface area contributed by atoms with E-state index in [9.17, 15) is 4.79 Å². The van der Waals surface area contributed by atoms with Crippen LogP contribution in [0.15, 0.2) is 72.8 Å². The predicted octanol–water partition coefficient (Wildman–Crippen LogP) is 4.45. The molecule has 0 bridgehead atoms. The van der Waals surface area contributed by atoms with Crippen LogP contribution >= 0.6 is 0 Å². The smallest absolute Gasteiger partial charge is 0.185 e. The highest BCUT2D eigenvalue weighted by atomic mass is 16.1. The maximum atomic E-state index is 11.8. The van der Waals surface area contributed by atoms with E-state index in [0.717, 1.165) is 16.7 Å². The van der Waals surface area contributed by atoms with Gasteiger partial charge in [-0.2, -0.15) is 0 Å². The van der Waals surface area contributed by atoms with Gasteiger partial charge in [0.25, 0.3) is 0 Å². The quantitative estimate of drug-likeness (QED) is 0.444. The zero-order chi connectivity index (χ0) is 13.5. The molecule has 94 valence electrons. The molecule has 1 heteroatoms. The highest BCUT2D eigenvalue weighted by Gasteiger charge is 1.99. The van der Waals surface area contributed by atoms with Crippen molar-refractivity contribution in [2.24, 2.45) is 0 Å². The number of carbonyl (C=O) groups is 1. The van der Waals surface area contributed by atoms with E-state index in [0.29, 0.717) is 0 Å². The fourth-order valence-corrected chi connectivity index (χ4v) is 1.69. The third-order valence-electron chi connectivity index (χ3n) is 2.78. The minimum Gasteiger partial charge on any atom is -0.289 e. The van der Waals surface area contributed by atoms with Crippen LogP contribution in [-0.4, -0.2) is 5.78 Å². The van der Waals surface area contributed by atoms with Gasteiger partial charge < -0.3 is 0 Å². The first-order chi connectivity index (χ1) is 9.25. The van der Waals surface area contributed by atoms with Gasteiger partial charge in [-0.3, -0.25) is 4.79 Å². The van der Waals surface area contributed by atoms with Crippen LogP contribution in [0.25, 0.3) is 6.08 Å². The molecule has 19 heavy (non-hydrogen) atoms. The van der Waals surface area contributed by atoms with Crippen LogP contribution in [0.1, 0.15) is 21.5 Å². The van der Waals surface area contributed by atoms with Gasteiger partial charge in [0.1, 0.15) is 0 Å². The van der Waals surface area contributed by atoms with Gasteiger partial charge in [0.15, 0.2) is 5.78 Å².